The van der Waals surface area contributed by atoms with Gasteiger partial charge in [-0.25, -0.2) is 0 Å². The molecular formula is C10H15N3S. The Kier molecular flexibility index (Phi) is 2.84. The van der Waals surface area contributed by atoms with Crippen molar-refractivity contribution in [2.45, 2.75) is 0 Å². The average molecular weight is 209 g/mol. The van der Waals surface area contributed by atoms with Crippen LogP contribution in [0.4, 0.5) is 0 Å². The van der Waals surface area contributed by atoms with Crippen LogP contribution >= 0.6 is 11.3 Å². The molecule has 14 heavy (non-hydrogen) atoms. The smallest absolute Gasteiger partial charge is 0.128 e. The van der Waals surface area contributed by atoms with Crippen LogP contribution in [0.2, 0.25) is 0 Å². The number of piperazine rings is 1. The maximum absolute atomic E-state index is 8.02. The Balaban J connectivity index is 1.99. The normalized spacial score (nSPS) is 18.5. The second-order valence-corrected chi connectivity index (χ2v) is 4.43. The molecule has 0 unspecified atom stereocenters. The first-order valence-electron chi connectivity index (χ1n) is 4.82. The number of hydrogen-bond donors (Lipinski definition) is 1. The second-order valence-electron chi connectivity index (χ2n) is 3.65. The third-order valence-electron chi connectivity index (χ3n) is 2.61. The van der Waals surface area contributed by atoms with E-state index in [4.69, 9.17) is 5.41 Å². The number of likely N-dealkylation sites (N-methyl/N-ethyl adjacent to an activating group) is 1. The van der Waals surface area contributed by atoms with E-state index < -0.39 is 0 Å². The van der Waals surface area contributed by atoms with Crippen LogP contribution in [0.15, 0.2) is 16.8 Å². The van der Waals surface area contributed by atoms with Crippen LogP contribution in [0.5, 0.6) is 0 Å². The fourth-order valence-electron chi connectivity index (χ4n) is 1.61. The SMILES string of the molecule is CN1CCN(C(=N)c2ccsc2)CC1. The van der Waals surface area contributed by atoms with Gasteiger partial charge in [0.2, 0.25) is 0 Å². The zero-order valence-corrected chi connectivity index (χ0v) is 9.18. The number of thiophene rings is 1. The van der Waals surface area contributed by atoms with Gasteiger partial charge in [0.15, 0.2) is 0 Å². The quantitative estimate of drug-likeness (QED) is 0.558. The maximum atomic E-state index is 8.02. The molecule has 0 atom stereocenters. The van der Waals surface area contributed by atoms with Gasteiger partial charge in [0.1, 0.15) is 5.84 Å². The molecule has 0 spiro atoms. The number of nitrogens with zero attached hydrogens (tertiary/aromatic N) is 2. The molecule has 1 aromatic rings. The minimum absolute atomic E-state index is 0.680. The lowest BCUT2D eigenvalue weighted by Gasteiger charge is -2.33. The zero-order chi connectivity index (χ0) is 9.97. The Morgan fingerprint density at radius 3 is 2.64 bits per heavy atom. The molecule has 4 heteroatoms. The summed E-state index contributed by atoms with van der Waals surface area (Å²) in [6.45, 7) is 4.08. The highest BCUT2D eigenvalue weighted by atomic mass is 32.1. The van der Waals surface area contributed by atoms with Crippen LogP contribution in [-0.2, 0) is 0 Å². The Morgan fingerprint density at radius 1 is 1.36 bits per heavy atom. The van der Waals surface area contributed by atoms with Crippen molar-refractivity contribution in [3.63, 3.8) is 0 Å². The van der Waals surface area contributed by atoms with E-state index in [1.807, 2.05) is 16.8 Å². The van der Waals surface area contributed by atoms with Gasteiger partial charge in [-0.2, -0.15) is 11.3 Å². The van der Waals surface area contributed by atoms with Crippen LogP contribution in [-0.4, -0.2) is 48.9 Å². The molecule has 1 saturated heterocycles. The van der Waals surface area contributed by atoms with Crippen molar-refractivity contribution in [1.29, 1.82) is 5.41 Å². The Labute approximate surface area is 88.5 Å². The van der Waals surface area contributed by atoms with Gasteiger partial charge in [-0.1, -0.05) is 0 Å². The minimum atomic E-state index is 0.680. The molecule has 0 amide bonds. The lowest BCUT2D eigenvalue weighted by atomic mass is 10.2. The molecule has 2 rings (SSSR count). The van der Waals surface area contributed by atoms with Gasteiger partial charge in [-0.15, -0.1) is 0 Å². The van der Waals surface area contributed by atoms with E-state index in [0.29, 0.717) is 5.84 Å². The predicted octanol–water partition coefficient (Wildman–Crippen LogP) is 1.32. The largest absolute Gasteiger partial charge is 0.354 e. The zero-order valence-electron chi connectivity index (χ0n) is 8.36. The molecule has 0 saturated carbocycles. The molecule has 0 aromatic carbocycles. The standard InChI is InChI=1S/C10H15N3S/c1-12-3-5-13(6-4-12)10(11)9-2-7-14-8-9/h2,7-8,11H,3-6H2,1H3. The van der Waals surface area contributed by atoms with Gasteiger partial charge in [0.25, 0.3) is 0 Å². The van der Waals surface area contributed by atoms with E-state index in [0.717, 1.165) is 31.7 Å². The molecule has 1 N–H and O–H groups in total. The Hall–Kier alpha value is -0.870. The highest BCUT2D eigenvalue weighted by Crippen LogP contribution is 2.11. The summed E-state index contributed by atoms with van der Waals surface area (Å²) >= 11 is 1.65. The molecule has 3 nitrogen and oxygen atoms in total. The maximum Gasteiger partial charge on any atom is 0.128 e. The van der Waals surface area contributed by atoms with Crippen molar-refractivity contribution >= 4 is 17.2 Å². The summed E-state index contributed by atoms with van der Waals surface area (Å²) in [6.07, 6.45) is 0. The third kappa shape index (κ3) is 1.96. The van der Waals surface area contributed by atoms with Crippen LogP contribution in [0.3, 0.4) is 0 Å². The molecule has 0 bridgehead atoms. The van der Waals surface area contributed by atoms with Gasteiger partial charge < -0.3 is 9.80 Å². The first-order chi connectivity index (χ1) is 6.77. The lowest BCUT2D eigenvalue weighted by molar-refractivity contribution is 0.215. The first kappa shape index (κ1) is 9.68. The minimum Gasteiger partial charge on any atom is -0.354 e. The highest BCUT2D eigenvalue weighted by molar-refractivity contribution is 7.08. The van der Waals surface area contributed by atoms with Crippen molar-refractivity contribution in [3.05, 3.63) is 22.4 Å². The van der Waals surface area contributed by atoms with Gasteiger partial charge >= 0.3 is 0 Å². The fraction of sp³-hybridized carbons (Fsp3) is 0.500. The van der Waals surface area contributed by atoms with Crippen LogP contribution < -0.4 is 0 Å². The summed E-state index contributed by atoms with van der Waals surface area (Å²) in [6, 6.07) is 2.02. The summed E-state index contributed by atoms with van der Waals surface area (Å²) in [5.41, 5.74) is 1.06. The van der Waals surface area contributed by atoms with Crippen LogP contribution in [0.1, 0.15) is 5.56 Å². The predicted molar refractivity (Wildman–Crippen MR) is 60.2 cm³/mol. The fourth-order valence-corrected chi connectivity index (χ4v) is 2.25. The van der Waals surface area contributed by atoms with Gasteiger partial charge in [0, 0.05) is 37.1 Å². The van der Waals surface area contributed by atoms with Crippen LogP contribution in [0, 0.1) is 5.41 Å². The van der Waals surface area contributed by atoms with Crippen molar-refractivity contribution in [1.82, 2.24) is 9.80 Å². The number of rotatable bonds is 1. The summed E-state index contributed by atoms with van der Waals surface area (Å²) < 4.78 is 0. The number of amidine groups is 1. The van der Waals surface area contributed by atoms with E-state index in [1.165, 1.54) is 0 Å². The van der Waals surface area contributed by atoms with Gasteiger partial charge in [-0.3, -0.25) is 5.41 Å². The third-order valence-corrected chi connectivity index (χ3v) is 3.30. The summed E-state index contributed by atoms with van der Waals surface area (Å²) in [7, 11) is 2.13. The molecule has 1 aliphatic heterocycles. The Morgan fingerprint density at radius 2 is 2.07 bits per heavy atom. The van der Waals surface area contributed by atoms with E-state index in [-0.39, 0.29) is 0 Å². The molecule has 2 heterocycles. The molecular weight excluding hydrogens is 194 g/mol. The summed E-state index contributed by atoms with van der Waals surface area (Å²) in [5.74, 6) is 0.680. The topological polar surface area (TPSA) is 30.3 Å². The molecule has 0 radical (unpaired) electrons. The lowest BCUT2D eigenvalue weighted by Crippen LogP contribution is -2.47. The average Bonchev–Trinajstić information content (AvgIpc) is 2.71. The molecule has 76 valence electrons. The molecule has 1 aromatic heterocycles. The van der Waals surface area contributed by atoms with Crippen molar-refractivity contribution in [2.24, 2.45) is 0 Å². The van der Waals surface area contributed by atoms with E-state index >= 15 is 0 Å². The molecule has 1 aliphatic rings. The number of nitrogens with one attached hydrogen (secondary N) is 1. The first-order valence-corrected chi connectivity index (χ1v) is 5.76. The van der Waals surface area contributed by atoms with Crippen LogP contribution in [0.25, 0.3) is 0 Å². The van der Waals surface area contributed by atoms with Gasteiger partial charge in [-0.05, 0) is 18.5 Å². The van der Waals surface area contributed by atoms with Gasteiger partial charge in [0.05, 0.1) is 0 Å². The number of hydrogen-bond acceptors (Lipinski definition) is 3. The molecule has 0 aliphatic carbocycles. The van der Waals surface area contributed by atoms with E-state index in [9.17, 15) is 0 Å². The summed E-state index contributed by atoms with van der Waals surface area (Å²) in [4.78, 5) is 4.46. The second kappa shape index (κ2) is 4.11. The van der Waals surface area contributed by atoms with E-state index in [1.54, 1.807) is 11.3 Å². The van der Waals surface area contributed by atoms with E-state index in [2.05, 4.69) is 16.8 Å². The van der Waals surface area contributed by atoms with Crippen molar-refractivity contribution in [3.8, 4) is 0 Å². The van der Waals surface area contributed by atoms with Crippen molar-refractivity contribution < 1.29 is 0 Å². The highest BCUT2D eigenvalue weighted by Gasteiger charge is 2.17. The monoisotopic (exact) mass is 209 g/mol. The molecule has 1 fully saturated rings. The Bertz CT molecular complexity index is 299. The summed E-state index contributed by atoms with van der Waals surface area (Å²) in [5, 5.41) is 12.1. The van der Waals surface area contributed by atoms with Crippen molar-refractivity contribution in [2.75, 3.05) is 33.2 Å².